The minimum Gasteiger partial charge on any atom is -0.351 e. The average Bonchev–Trinajstić information content (AvgIpc) is 3.03. The second kappa shape index (κ2) is 6.52. The third-order valence-electron chi connectivity index (χ3n) is 3.55. The van der Waals surface area contributed by atoms with Gasteiger partial charge in [0.2, 0.25) is 0 Å². The summed E-state index contributed by atoms with van der Waals surface area (Å²) < 4.78 is 0. The van der Waals surface area contributed by atoms with Crippen LogP contribution in [0.2, 0.25) is 0 Å². The van der Waals surface area contributed by atoms with Gasteiger partial charge in [-0.1, -0.05) is 0 Å². The van der Waals surface area contributed by atoms with Gasteiger partial charge in [-0.3, -0.25) is 9.59 Å². The zero-order chi connectivity index (χ0) is 13.7. The van der Waals surface area contributed by atoms with Crippen LogP contribution in [0.5, 0.6) is 0 Å². The summed E-state index contributed by atoms with van der Waals surface area (Å²) in [5.74, 6) is -0.141. The van der Waals surface area contributed by atoms with Crippen molar-refractivity contribution < 1.29 is 9.59 Å². The lowest BCUT2D eigenvalue weighted by Gasteiger charge is -2.14. The molecule has 104 valence electrons. The van der Waals surface area contributed by atoms with Crippen molar-refractivity contribution in [3.63, 3.8) is 0 Å². The number of amides is 1. The van der Waals surface area contributed by atoms with Gasteiger partial charge in [-0.2, -0.15) is 0 Å². The highest BCUT2D eigenvalue weighted by Gasteiger charge is 2.12. The molecule has 1 aromatic heterocycles. The van der Waals surface area contributed by atoms with Gasteiger partial charge in [-0.15, -0.1) is 0 Å². The number of H-pyrrole nitrogens is 1. The van der Waals surface area contributed by atoms with Crippen molar-refractivity contribution in [3.8, 4) is 0 Å². The number of nitrogens with zero attached hydrogens (tertiary/aromatic N) is 1. The molecule has 5 heteroatoms. The molecule has 0 spiro atoms. The van der Waals surface area contributed by atoms with Crippen LogP contribution in [0, 0.1) is 6.92 Å². The maximum absolute atomic E-state index is 11.9. The number of hydrogen-bond acceptors (Lipinski definition) is 3. The first-order valence-corrected chi connectivity index (χ1v) is 6.86. The van der Waals surface area contributed by atoms with Crippen molar-refractivity contribution >= 4 is 12.2 Å². The van der Waals surface area contributed by atoms with E-state index in [1.54, 1.807) is 6.07 Å². The number of rotatable bonds is 6. The van der Waals surface area contributed by atoms with Crippen LogP contribution < -0.4 is 5.32 Å². The number of carbonyl (C=O) groups excluding carboxylic acids is 2. The Kier molecular flexibility index (Phi) is 4.74. The first kappa shape index (κ1) is 13.8. The predicted octanol–water partition coefficient (Wildman–Crippen LogP) is 1.35. The largest absolute Gasteiger partial charge is 0.351 e. The molecule has 1 saturated heterocycles. The average molecular weight is 263 g/mol. The highest BCUT2D eigenvalue weighted by atomic mass is 16.2. The van der Waals surface area contributed by atoms with Crippen molar-refractivity contribution in [2.75, 3.05) is 26.2 Å². The van der Waals surface area contributed by atoms with Crippen LogP contribution in [0.4, 0.5) is 0 Å². The van der Waals surface area contributed by atoms with Crippen LogP contribution in [0.25, 0.3) is 0 Å². The van der Waals surface area contributed by atoms with E-state index in [1.165, 1.54) is 25.9 Å². The lowest BCUT2D eigenvalue weighted by Crippen LogP contribution is -2.28. The Bertz CT molecular complexity index is 448. The summed E-state index contributed by atoms with van der Waals surface area (Å²) in [6.07, 6.45) is 4.29. The SMILES string of the molecule is Cc1cc(C(=O)NCCCN2CCCC2)[nH]c1C=O. The van der Waals surface area contributed by atoms with Gasteiger partial charge in [0.25, 0.3) is 5.91 Å². The summed E-state index contributed by atoms with van der Waals surface area (Å²) in [6.45, 7) is 5.90. The number of aryl methyl sites for hydroxylation is 1. The van der Waals surface area contributed by atoms with E-state index in [0.717, 1.165) is 24.8 Å². The number of carbonyl (C=O) groups is 2. The Morgan fingerprint density at radius 1 is 1.47 bits per heavy atom. The Morgan fingerprint density at radius 2 is 2.21 bits per heavy atom. The fraction of sp³-hybridized carbons (Fsp3) is 0.571. The van der Waals surface area contributed by atoms with Crippen LogP contribution in [0.15, 0.2) is 6.07 Å². The molecule has 1 aliphatic heterocycles. The van der Waals surface area contributed by atoms with Crippen molar-refractivity contribution in [1.29, 1.82) is 0 Å². The normalized spacial score (nSPS) is 15.6. The van der Waals surface area contributed by atoms with E-state index >= 15 is 0 Å². The molecule has 1 fully saturated rings. The van der Waals surface area contributed by atoms with Crippen LogP contribution in [0.1, 0.15) is 45.8 Å². The van der Waals surface area contributed by atoms with E-state index < -0.39 is 0 Å². The molecule has 0 aromatic carbocycles. The molecular formula is C14H21N3O2. The van der Waals surface area contributed by atoms with Crippen LogP contribution >= 0.6 is 0 Å². The number of nitrogens with one attached hydrogen (secondary N) is 2. The third-order valence-corrected chi connectivity index (χ3v) is 3.55. The summed E-state index contributed by atoms with van der Waals surface area (Å²) >= 11 is 0. The molecule has 0 atom stereocenters. The number of aromatic amines is 1. The van der Waals surface area contributed by atoms with E-state index in [0.29, 0.717) is 17.9 Å². The van der Waals surface area contributed by atoms with Gasteiger partial charge in [0.05, 0.1) is 5.69 Å². The fourth-order valence-electron chi connectivity index (χ4n) is 2.42. The van der Waals surface area contributed by atoms with Gasteiger partial charge in [0.15, 0.2) is 6.29 Å². The molecule has 0 unspecified atom stereocenters. The smallest absolute Gasteiger partial charge is 0.267 e. The Labute approximate surface area is 113 Å². The minimum absolute atomic E-state index is 0.141. The maximum Gasteiger partial charge on any atom is 0.267 e. The molecule has 2 heterocycles. The number of hydrogen-bond donors (Lipinski definition) is 2. The molecule has 0 aliphatic carbocycles. The van der Waals surface area contributed by atoms with Gasteiger partial charge < -0.3 is 15.2 Å². The zero-order valence-electron chi connectivity index (χ0n) is 11.4. The monoisotopic (exact) mass is 263 g/mol. The van der Waals surface area contributed by atoms with Gasteiger partial charge in [-0.05, 0) is 57.5 Å². The van der Waals surface area contributed by atoms with Crippen LogP contribution in [-0.4, -0.2) is 48.3 Å². The molecule has 5 nitrogen and oxygen atoms in total. The molecule has 0 radical (unpaired) electrons. The molecule has 19 heavy (non-hydrogen) atoms. The van der Waals surface area contributed by atoms with Crippen molar-refractivity contribution in [3.05, 3.63) is 23.0 Å². The van der Waals surface area contributed by atoms with E-state index in [2.05, 4.69) is 15.2 Å². The van der Waals surface area contributed by atoms with Crippen molar-refractivity contribution in [2.24, 2.45) is 0 Å². The van der Waals surface area contributed by atoms with Crippen LogP contribution in [0.3, 0.4) is 0 Å². The molecule has 2 rings (SSSR count). The lowest BCUT2D eigenvalue weighted by molar-refractivity contribution is 0.0947. The summed E-state index contributed by atoms with van der Waals surface area (Å²) in [5, 5.41) is 2.87. The van der Waals surface area contributed by atoms with E-state index in [9.17, 15) is 9.59 Å². The van der Waals surface area contributed by atoms with Gasteiger partial charge in [-0.25, -0.2) is 0 Å². The highest BCUT2D eigenvalue weighted by molar-refractivity contribution is 5.94. The number of aldehydes is 1. The molecular weight excluding hydrogens is 242 g/mol. The quantitative estimate of drug-likeness (QED) is 0.601. The summed E-state index contributed by atoms with van der Waals surface area (Å²) in [4.78, 5) is 27.8. The molecule has 0 saturated carbocycles. The standard InChI is InChI=1S/C14H21N3O2/c1-11-9-12(16-13(11)10-18)14(19)15-5-4-8-17-6-2-3-7-17/h9-10,16H,2-8H2,1H3,(H,15,19). The Balaban J connectivity index is 1.72. The summed E-state index contributed by atoms with van der Waals surface area (Å²) in [6, 6.07) is 1.71. The molecule has 0 bridgehead atoms. The lowest BCUT2D eigenvalue weighted by atomic mass is 10.3. The summed E-state index contributed by atoms with van der Waals surface area (Å²) in [7, 11) is 0. The maximum atomic E-state index is 11.9. The second-order valence-electron chi connectivity index (χ2n) is 5.06. The summed E-state index contributed by atoms with van der Waals surface area (Å²) in [5.41, 5.74) is 1.74. The minimum atomic E-state index is -0.141. The van der Waals surface area contributed by atoms with E-state index in [-0.39, 0.29) is 5.91 Å². The second-order valence-corrected chi connectivity index (χ2v) is 5.06. The molecule has 1 aromatic rings. The van der Waals surface area contributed by atoms with Gasteiger partial charge in [0.1, 0.15) is 5.69 Å². The highest BCUT2D eigenvalue weighted by Crippen LogP contribution is 2.08. The molecule has 1 amide bonds. The van der Waals surface area contributed by atoms with Crippen molar-refractivity contribution in [1.82, 2.24) is 15.2 Å². The van der Waals surface area contributed by atoms with Gasteiger partial charge >= 0.3 is 0 Å². The first-order valence-electron chi connectivity index (χ1n) is 6.86. The predicted molar refractivity (Wildman–Crippen MR) is 73.5 cm³/mol. The fourth-order valence-corrected chi connectivity index (χ4v) is 2.42. The van der Waals surface area contributed by atoms with E-state index in [1.807, 2.05) is 6.92 Å². The van der Waals surface area contributed by atoms with Crippen LogP contribution in [-0.2, 0) is 0 Å². The van der Waals surface area contributed by atoms with Crippen molar-refractivity contribution in [2.45, 2.75) is 26.2 Å². The number of likely N-dealkylation sites (tertiary alicyclic amines) is 1. The number of aromatic nitrogens is 1. The topological polar surface area (TPSA) is 65.2 Å². The zero-order valence-corrected chi connectivity index (χ0v) is 11.4. The Morgan fingerprint density at radius 3 is 2.84 bits per heavy atom. The third kappa shape index (κ3) is 3.67. The Hall–Kier alpha value is -1.62. The molecule has 2 N–H and O–H groups in total. The van der Waals surface area contributed by atoms with E-state index in [4.69, 9.17) is 0 Å². The first-order chi connectivity index (χ1) is 9.20. The molecule has 1 aliphatic rings. The van der Waals surface area contributed by atoms with Gasteiger partial charge in [0, 0.05) is 6.54 Å².